The zero-order valence-electron chi connectivity index (χ0n) is 8.36. The van der Waals surface area contributed by atoms with E-state index >= 15 is 0 Å². The molecule has 0 rings (SSSR count). The number of rotatable bonds is 8. The predicted octanol–water partition coefficient (Wildman–Crippen LogP) is 1.41. The Morgan fingerprint density at radius 2 is 1.38 bits per heavy atom. The Kier molecular flexibility index (Phi) is 7.59. The van der Waals surface area contributed by atoms with E-state index in [4.69, 9.17) is 14.2 Å². The van der Waals surface area contributed by atoms with Gasteiger partial charge in [0.05, 0.1) is 25.4 Å². The topological polar surface area (TPSA) is 27.7 Å². The Morgan fingerprint density at radius 1 is 1.00 bits per heavy atom. The summed E-state index contributed by atoms with van der Waals surface area (Å²) in [6.45, 7) is 8.21. The maximum Gasteiger partial charge on any atom is 0.0982 e. The first-order valence-corrected chi connectivity index (χ1v) is 4.16. The van der Waals surface area contributed by atoms with Gasteiger partial charge in [-0.15, -0.1) is 13.2 Å². The van der Waals surface area contributed by atoms with Gasteiger partial charge < -0.3 is 14.2 Å². The average molecular weight is 186 g/mol. The van der Waals surface area contributed by atoms with Gasteiger partial charge >= 0.3 is 0 Å². The molecule has 3 heteroatoms. The molecule has 0 aliphatic heterocycles. The molecule has 3 nitrogen and oxygen atoms in total. The molecule has 0 spiro atoms. The lowest BCUT2D eigenvalue weighted by atomic mass is 10.3. The number of ether oxygens (including phenoxy) is 3. The fraction of sp³-hybridized carbons (Fsp3) is 0.600. The fourth-order valence-corrected chi connectivity index (χ4v) is 0.765. The molecule has 0 N–H and O–H groups in total. The summed E-state index contributed by atoms with van der Waals surface area (Å²) >= 11 is 0. The van der Waals surface area contributed by atoms with E-state index in [1.807, 2.05) is 0 Å². The summed E-state index contributed by atoms with van der Waals surface area (Å²) in [7, 11) is 3.24. The first kappa shape index (κ1) is 12.4. The molecule has 0 radical (unpaired) electrons. The number of hydrogen-bond donors (Lipinski definition) is 0. The Labute approximate surface area is 80.0 Å². The van der Waals surface area contributed by atoms with E-state index in [9.17, 15) is 0 Å². The number of methoxy groups -OCH3 is 2. The van der Waals surface area contributed by atoms with E-state index in [2.05, 4.69) is 13.2 Å². The maximum atomic E-state index is 5.33. The standard InChI is InChI=1S/C10H18O3/c1-5-9(11-3)7-13-8-10(6-2)12-4/h5-6,9-10H,1-2,7-8H2,3-4H3. The van der Waals surface area contributed by atoms with Crippen molar-refractivity contribution in [2.75, 3.05) is 27.4 Å². The normalized spacial score (nSPS) is 14.9. The Morgan fingerprint density at radius 3 is 1.62 bits per heavy atom. The molecule has 0 heterocycles. The van der Waals surface area contributed by atoms with Crippen LogP contribution in [0.5, 0.6) is 0 Å². The average Bonchev–Trinajstić information content (AvgIpc) is 2.19. The minimum atomic E-state index is -0.0534. The van der Waals surface area contributed by atoms with Crippen LogP contribution in [0, 0.1) is 0 Å². The molecule has 2 unspecified atom stereocenters. The molecule has 13 heavy (non-hydrogen) atoms. The maximum absolute atomic E-state index is 5.33. The van der Waals surface area contributed by atoms with Gasteiger partial charge in [-0.05, 0) is 0 Å². The van der Waals surface area contributed by atoms with E-state index in [-0.39, 0.29) is 12.2 Å². The molecular weight excluding hydrogens is 168 g/mol. The highest BCUT2D eigenvalue weighted by atomic mass is 16.5. The molecule has 0 aliphatic rings. The third kappa shape index (κ3) is 5.58. The molecule has 76 valence electrons. The highest BCUT2D eigenvalue weighted by molar-refractivity contribution is 4.81. The van der Waals surface area contributed by atoms with Gasteiger partial charge in [0.2, 0.25) is 0 Å². The quantitative estimate of drug-likeness (QED) is 0.536. The van der Waals surface area contributed by atoms with E-state index in [1.54, 1.807) is 26.4 Å². The molecule has 0 aromatic carbocycles. The van der Waals surface area contributed by atoms with Crippen molar-refractivity contribution in [3.63, 3.8) is 0 Å². The van der Waals surface area contributed by atoms with Crippen LogP contribution in [0.1, 0.15) is 0 Å². The molecule has 0 saturated carbocycles. The van der Waals surface area contributed by atoms with Crippen molar-refractivity contribution in [2.24, 2.45) is 0 Å². The minimum Gasteiger partial charge on any atom is -0.375 e. The summed E-state index contributed by atoms with van der Waals surface area (Å²) in [6.07, 6.45) is 3.30. The Hall–Kier alpha value is -0.640. The van der Waals surface area contributed by atoms with E-state index in [1.165, 1.54) is 0 Å². The van der Waals surface area contributed by atoms with Crippen LogP contribution in [-0.2, 0) is 14.2 Å². The smallest absolute Gasteiger partial charge is 0.0982 e. The molecule has 0 aromatic heterocycles. The molecule has 0 bridgehead atoms. The summed E-state index contributed by atoms with van der Waals surface area (Å²) in [5.41, 5.74) is 0. The molecular formula is C10H18O3. The van der Waals surface area contributed by atoms with Gasteiger partial charge in [-0.2, -0.15) is 0 Å². The van der Waals surface area contributed by atoms with Crippen molar-refractivity contribution in [3.05, 3.63) is 25.3 Å². The van der Waals surface area contributed by atoms with Gasteiger partial charge in [-0.3, -0.25) is 0 Å². The van der Waals surface area contributed by atoms with Crippen LogP contribution < -0.4 is 0 Å². The lowest BCUT2D eigenvalue weighted by molar-refractivity contribution is -0.00710. The SMILES string of the molecule is C=CC(COCC(C=C)OC)OC. The number of hydrogen-bond acceptors (Lipinski definition) is 3. The van der Waals surface area contributed by atoms with Crippen LogP contribution in [-0.4, -0.2) is 39.6 Å². The van der Waals surface area contributed by atoms with E-state index < -0.39 is 0 Å². The summed E-state index contributed by atoms with van der Waals surface area (Å²) in [5.74, 6) is 0. The third-order valence-corrected chi connectivity index (χ3v) is 1.70. The first-order valence-electron chi connectivity index (χ1n) is 4.16. The van der Waals surface area contributed by atoms with Gasteiger partial charge in [-0.1, -0.05) is 12.2 Å². The zero-order valence-corrected chi connectivity index (χ0v) is 8.36. The molecule has 0 fully saturated rings. The van der Waals surface area contributed by atoms with Crippen molar-refractivity contribution in [3.8, 4) is 0 Å². The first-order chi connectivity index (χ1) is 6.28. The predicted molar refractivity (Wildman–Crippen MR) is 52.8 cm³/mol. The second kappa shape index (κ2) is 7.98. The van der Waals surface area contributed by atoms with Gasteiger partial charge in [0.1, 0.15) is 0 Å². The van der Waals surface area contributed by atoms with Crippen molar-refractivity contribution in [2.45, 2.75) is 12.2 Å². The molecule has 0 saturated heterocycles. The van der Waals surface area contributed by atoms with Crippen molar-refractivity contribution in [1.29, 1.82) is 0 Å². The fourth-order valence-electron chi connectivity index (χ4n) is 0.765. The molecule has 0 aromatic rings. The van der Waals surface area contributed by atoms with Crippen molar-refractivity contribution >= 4 is 0 Å². The van der Waals surface area contributed by atoms with Crippen LogP contribution in [0.4, 0.5) is 0 Å². The lowest BCUT2D eigenvalue weighted by Crippen LogP contribution is -2.21. The minimum absolute atomic E-state index is 0.0534. The second-order valence-electron chi connectivity index (χ2n) is 2.56. The van der Waals surface area contributed by atoms with Crippen LogP contribution in [0.3, 0.4) is 0 Å². The summed E-state index contributed by atoms with van der Waals surface area (Å²) in [5, 5.41) is 0. The largest absolute Gasteiger partial charge is 0.375 e. The third-order valence-electron chi connectivity index (χ3n) is 1.70. The Bertz CT molecular complexity index is 129. The van der Waals surface area contributed by atoms with Gasteiger partial charge in [0.15, 0.2) is 0 Å². The van der Waals surface area contributed by atoms with E-state index in [0.29, 0.717) is 13.2 Å². The molecule has 0 aliphatic carbocycles. The van der Waals surface area contributed by atoms with Gasteiger partial charge in [0.25, 0.3) is 0 Å². The van der Waals surface area contributed by atoms with Crippen LogP contribution in [0.15, 0.2) is 25.3 Å². The summed E-state index contributed by atoms with van der Waals surface area (Å²) in [4.78, 5) is 0. The summed E-state index contributed by atoms with van der Waals surface area (Å²) < 4.78 is 15.4. The Balaban J connectivity index is 3.52. The monoisotopic (exact) mass is 186 g/mol. The van der Waals surface area contributed by atoms with Gasteiger partial charge in [0, 0.05) is 14.2 Å². The molecule has 0 amide bonds. The highest BCUT2D eigenvalue weighted by Crippen LogP contribution is 1.96. The summed E-state index contributed by atoms with van der Waals surface area (Å²) in [6, 6.07) is 0. The van der Waals surface area contributed by atoms with Crippen LogP contribution in [0.25, 0.3) is 0 Å². The van der Waals surface area contributed by atoms with Crippen LogP contribution >= 0.6 is 0 Å². The van der Waals surface area contributed by atoms with Crippen molar-refractivity contribution in [1.82, 2.24) is 0 Å². The lowest BCUT2D eigenvalue weighted by Gasteiger charge is -2.14. The van der Waals surface area contributed by atoms with Crippen molar-refractivity contribution < 1.29 is 14.2 Å². The zero-order chi connectivity index (χ0) is 10.1. The van der Waals surface area contributed by atoms with Gasteiger partial charge in [-0.25, -0.2) is 0 Å². The second-order valence-corrected chi connectivity index (χ2v) is 2.56. The van der Waals surface area contributed by atoms with E-state index in [0.717, 1.165) is 0 Å². The molecule has 2 atom stereocenters. The highest BCUT2D eigenvalue weighted by Gasteiger charge is 2.05. The van der Waals surface area contributed by atoms with Crippen LogP contribution in [0.2, 0.25) is 0 Å².